The summed E-state index contributed by atoms with van der Waals surface area (Å²) in [5.41, 5.74) is 5.79. The van der Waals surface area contributed by atoms with Crippen LogP contribution in [0.3, 0.4) is 0 Å². The molecule has 1 fully saturated rings. The van der Waals surface area contributed by atoms with Gasteiger partial charge in [-0.2, -0.15) is 0 Å². The van der Waals surface area contributed by atoms with Crippen molar-refractivity contribution in [1.82, 2.24) is 0 Å². The molecular weight excluding hydrogens is 300 g/mol. The van der Waals surface area contributed by atoms with Gasteiger partial charge in [-0.3, -0.25) is 0 Å². The molecule has 2 atom stereocenters. The van der Waals surface area contributed by atoms with E-state index in [1.165, 1.54) is 7.11 Å². The van der Waals surface area contributed by atoms with Crippen LogP contribution in [0, 0.1) is 5.92 Å². The molecule has 6 nitrogen and oxygen atoms in total. The largest absolute Gasteiger partial charge is 0.465 e. The summed E-state index contributed by atoms with van der Waals surface area (Å²) in [6, 6.07) is 0.254. The van der Waals surface area contributed by atoms with Crippen molar-refractivity contribution < 1.29 is 17.9 Å². The molecule has 1 aliphatic rings. The first-order valence-electron chi connectivity index (χ1n) is 6.26. The molecule has 1 aromatic heterocycles. The first-order chi connectivity index (χ1) is 9.29. The highest BCUT2D eigenvalue weighted by atomic mass is 32.2. The number of hydrogen-bond acceptors (Lipinski definition) is 7. The van der Waals surface area contributed by atoms with Crippen LogP contribution in [-0.4, -0.2) is 33.8 Å². The molecule has 0 spiro atoms. The normalized spacial score (nSPS) is 21.6. The van der Waals surface area contributed by atoms with Crippen molar-refractivity contribution in [2.75, 3.05) is 24.4 Å². The number of hydrogen-bond donors (Lipinski definition) is 2. The zero-order valence-electron chi connectivity index (χ0n) is 11.6. The molecule has 1 heterocycles. The van der Waals surface area contributed by atoms with Crippen LogP contribution < -0.4 is 11.1 Å². The topological polar surface area (TPSA) is 98.5 Å². The van der Waals surface area contributed by atoms with Gasteiger partial charge in [0, 0.05) is 12.3 Å². The molecule has 0 radical (unpaired) electrons. The smallest absolute Gasteiger partial charge is 0.350 e. The maximum atomic E-state index is 11.9. The van der Waals surface area contributed by atoms with Crippen molar-refractivity contribution in [3.05, 3.63) is 4.88 Å². The Bertz CT molecular complexity index is 636. The second-order valence-electron chi connectivity index (χ2n) is 4.92. The summed E-state index contributed by atoms with van der Waals surface area (Å²) < 4.78 is 28.4. The summed E-state index contributed by atoms with van der Waals surface area (Å²) in [6.45, 7) is 2.09. The molecule has 1 saturated carbocycles. The Balaban J connectivity index is 2.42. The lowest BCUT2D eigenvalue weighted by molar-refractivity contribution is 0.0607. The first kappa shape index (κ1) is 15.1. The maximum Gasteiger partial charge on any atom is 0.350 e. The number of rotatable bonds is 5. The molecular formula is C12H18N2O4S2. The highest BCUT2D eigenvalue weighted by Crippen LogP contribution is 2.44. The molecule has 0 amide bonds. The van der Waals surface area contributed by atoms with Crippen LogP contribution in [0.15, 0.2) is 4.90 Å². The van der Waals surface area contributed by atoms with Gasteiger partial charge in [0.25, 0.3) is 0 Å². The van der Waals surface area contributed by atoms with Gasteiger partial charge in [0.1, 0.15) is 14.8 Å². The van der Waals surface area contributed by atoms with E-state index in [-0.39, 0.29) is 21.5 Å². The molecule has 2 rings (SSSR count). The van der Waals surface area contributed by atoms with Crippen molar-refractivity contribution in [3.8, 4) is 0 Å². The average molecular weight is 318 g/mol. The quantitative estimate of drug-likeness (QED) is 0.802. The molecule has 8 heteroatoms. The van der Waals surface area contributed by atoms with E-state index in [0.717, 1.165) is 30.4 Å². The number of thiophene rings is 1. The third-order valence-electron chi connectivity index (χ3n) is 3.40. The summed E-state index contributed by atoms with van der Waals surface area (Å²) in [7, 11) is -2.27. The van der Waals surface area contributed by atoms with Crippen molar-refractivity contribution in [1.29, 1.82) is 0 Å². The van der Waals surface area contributed by atoms with Gasteiger partial charge < -0.3 is 15.8 Å². The minimum Gasteiger partial charge on any atom is -0.465 e. The average Bonchev–Trinajstić information content (AvgIpc) is 3.02. The second-order valence-corrected chi connectivity index (χ2v) is 7.89. The van der Waals surface area contributed by atoms with Crippen molar-refractivity contribution in [2.24, 2.45) is 5.92 Å². The number of nitrogen functional groups attached to an aromatic ring is 1. The van der Waals surface area contributed by atoms with E-state index in [1.54, 1.807) is 0 Å². The predicted octanol–water partition coefficient (Wildman–Crippen LogP) is 1.73. The van der Waals surface area contributed by atoms with Crippen LogP contribution in [0.1, 0.15) is 29.4 Å². The highest BCUT2D eigenvalue weighted by molar-refractivity contribution is 7.91. The third-order valence-corrected chi connectivity index (χ3v) is 5.82. The van der Waals surface area contributed by atoms with Gasteiger partial charge in [-0.1, -0.05) is 13.3 Å². The zero-order chi connectivity index (χ0) is 15.1. The number of nitrogens with two attached hydrogens (primary N) is 1. The van der Waals surface area contributed by atoms with Gasteiger partial charge in [-0.05, 0) is 12.3 Å². The van der Waals surface area contributed by atoms with E-state index in [0.29, 0.717) is 10.9 Å². The Kier molecular flexibility index (Phi) is 3.97. The van der Waals surface area contributed by atoms with Crippen molar-refractivity contribution >= 4 is 37.8 Å². The number of nitrogens with one attached hydrogen (secondary N) is 1. The third kappa shape index (κ3) is 2.76. The van der Waals surface area contributed by atoms with Gasteiger partial charge in [-0.25, -0.2) is 13.2 Å². The number of sulfone groups is 1. The lowest BCUT2D eigenvalue weighted by Gasteiger charge is -2.05. The predicted molar refractivity (Wildman–Crippen MR) is 79.0 cm³/mol. The molecule has 20 heavy (non-hydrogen) atoms. The lowest BCUT2D eigenvalue weighted by Crippen LogP contribution is -2.09. The van der Waals surface area contributed by atoms with Crippen LogP contribution in [0.25, 0.3) is 0 Å². The fourth-order valence-corrected chi connectivity index (χ4v) is 4.72. The van der Waals surface area contributed by atoms with E-state index in [9.17, 15) is 13.2 Å². The molecule has 112 valence electrons. The zero-order valence-corrected chi connectivity index (χ0v) is 13.2. The Morgan fingerprint density at radius 2 is 2.20 bits per heavy atom. The van der Waals surface area contributed by atoms with Crippen molar-refractivity contribution in [3.63, 3.8) is 0 Å². The summed E-state index contributed by atoms with van der Waals surface area (Å²) in [5, 5.41) is 3.62. The number of ether oxygens (including phenoxy) is 1. The standard InChI is InChI=1S/C12H18N2O4S2/c1-4-6-5-7(6)14-11-10(20(3,16)17)8(13)9(19-11)12(15)18-2/h6-7,14H,4-5,13H2,1-3H3. The monoisotopic (exact) mass is 318 g/mol. The van der Waals surface area contributed by atoms with E-state index in [2.05, 4.69) is 17.0 Å². The number of methoxy groups -OCH3 is 1. The summed E-state index contributed by atoms with van der Waals surface area (Å²) in [4.78, 5) is 11.8. The number of carbonyl (C=O) groups is 1. The van der Waals surface area contributed by atoms with Crippen LogP contribution in [0.2, 0.25) is 0 Å². The van der Waals surface area contributed by atoms with E-state index in [1.807, 2.05) is 0 Å². The summed E-state index contributed by atoms with van der Waals surface area (Å²) in [6.07, 6.45) is 3.13. The van der Waals surface area contributed by atoms with Crippen LogP contribution in [0.5, 0.6) is 0 Å². The lowest BCUT2D eigenvalue weighted by atomic mass is 10.3. The molecule has 2 unspecified atom stereocenters. The van der Waals surface area contributed by atoms with E-state index < -0.39 is 15.8 Å². The number of esters is 1. The Morgan fingerprint density at radius 1 is 1.55 bits per heavy atom. The maximum absolute atomic E-state index is 11.9. The Morgan fingerprint density at radius 3 is 2.65 bits per heavy atom. The number of carbonyl (C=O) groups excluding carboxylic acids is 1. The minimum absolute atomic E-state index is 0.00431. The van der Waals surface area contributed by atoms with Crippen molar-refractivity contribution in [2.45, 2.75) is 30.7 Å². The minimum atomic E-state index is -3.51. The Hall–Kier alpha value is -1.28. The van der Waals surface area contributed by atoms with Crippen LogP contribution in [-0.2, 0) is 14.6 Å². The SMILES string of the molecule is CCC1CC1Nc1sc(C(=O)OC)c(N)c1S(C)(=O)=O. The molecule has 0 aliphatic heterocycles. The van der Waals surface area contributed by atoms with Gasteiger partial charge in [0.15, 0.2) is 9.84 Å². The summed E-state index contributed by atoms with van der Waals surface area (Å²) >= 11 is 1.04. The first-order valence-corrected chi connectivity index (χ1v) is 8.97. The van der Waals surface area contributed by atoms with E-state index >= 15 is 0 Å². The number of anilines is 2. The fraction of sp³-hybridized carbons (Fsp3) is 0.583. The Labute approximate surface area is 122 Å². The van der Waals surface area contributed by atoms with Gasteiger partial charge in [0.2, 0.25) is 0 Å². The van der Waals surface area contributed by atoms with Gasteiger partial charge >= 0.3 is 5.97 Å². The molecule has 0 aromatic carbocycles. The molecule has 1 aliphatic carbocycles. The van der Waals surface area contributed by atoms with Crippen LogP contribution in [0.4, 0.5) is 10.7 Å². The summed E-state index contributed by atoms with van der Waals surface area (Å²) in [5.74, 6) is -0.0689. The van der Waals surface area contributed by atoms with Gasteiger partial charge in [0.05, 0.1) is 12.8 Å². The van der Waals surface area contributed by atoms with Gasteiger partial charge in [-0.15, -0.1) is 11.3 Å². The fourth-order valence-electron chi connectivity index (χ4n) is 2.18. The molecule has 1 aromatic rings. The van der Waals surface area contributed by atoms with E-state index in [4.69, 9.17) is 5.73 Å². The second kappa shape index (κ2) is 5.25. The molecule has 0 bridgehead atoms. The molecule has 0 saturated heterocycles. The van der Waals surface area contributed by atoms with Crippen LogP contribution >= 0.6 is 11.3 Å². The molecule has 3 N–H and O–H groups in total. The highest BCUT2D eigenvalue weighted by Gasteiger charge is 2.38.